The van der Waals surface area contributed by atoms with E-state index in [1.54, 1.807) is 6.20 Å². The van der Waals surface area contributed by atoms with Gasteiger partial charge < -0.3 is 21.1 Å². The minimum Gasteiger partial charge on any atom is -0.379 e. The highest BCUT2D eigenvalue weighted by Gasteiger charge is 2.29. The first-order valence-corrected chi connectivity index (χ1v) is 12.4. The number of amides is 1. The number of imidazole rings is 1. The van der Waals surface area contributed by atoms with Crippen LogP contribution in [-0.4, -0.2) is 44.7 Å². The number of aromatic nitrogens is 4. The van der Waals surface area contributed by atoms with Gasteiger partial charge in [0.15, 0.2) is 5.65 Å². The fourth-order valence-electron chi connectivity index (χ4n) is 4.82. The third-order valence-corrected chi connectivity index (χ3v) is 7.15. The Kier molecular flexibility index (Phi) is 6.95. The van der Waals surface area contributed by atoms with Crippen molar-refractivity contribution in [3.63, 3.8) is 0 Å². The van der Waals surface area contributed by atoms with Gasteiger partial charge in [-0.05, 0) is 50.7 Å². The maximum atomic E-state index is 14.7. The molecule has 35 heavy (non-hydrogen) atoms. The molecule has 1 saturated heterocycles. The van der Waals surface area contributed by atoms with Crippen molar-refractivity contribution in [3.05, 3.63) is 34.2 Å². The maximum absolute atomic E-state index is 14.7. The summed E-state index contributed by atoms with van der Waals surface area (Å²) in [6, 6.07) is 2.76. The summed E-state index contributed by atoms with van der Waals surface area (Å²) in [5.41, 5.74) is 6.77. The van der Waals surface area contributed by atoms with Gasteiger partial charge in [0.25, 0.3) is 0 Å². The quantitative estimate of drug-likeness (QED) is 0.425. The lowest BCUT2D eigenvalue weighted by Crippen LogP contribution is -2.31. The molecule has 5 rings (SSSR count). The fourth-order valence-corrected chi connectivity index (χ4v) is 5.34. The van der Waals surface area contributed by atoms with Crippen LogP contribution in [0.1, 0.15) is 44.6 Å². The molecule has 1 saturated carbocycles. The number of benzene rings is 1. The number of ether oxygens (including phenoxy) is 1. The Labute approximate surface area is 211 Å². The van der Waals surface area contributed by atoms with Crippen LogP contribution in [-0.2, 0) is 9.53 Å². The van der Waals surface area contributed by atoms with Crippen LogP contribution < -0.4 is 16.4 Å². The van der Waals surface area contributed by atoms with Crippen molar-refractivity contribution < 1.29 is 13.9 Å². The zero-order valence-electron chi connectivity index (χ0n) is 18.9. The van der Waals surface area contributed by atoms with E-state index in [1.165, 1.54) is 12.1 Å². The Morgan fingerprint density at radius 2 is 1.97 bits per heavy atom. The molecule has 1 aromatic carbocycles. The smallest absolute Gasteiger partial charge is 0.225 e. The number of carbonyl (C=O) groups is 1. The van der Waals surface area contributed by atoms with E-state index < -0.39 is 5.82 Å². The van der Waals surface area contributed by atoms with Crippen molar-refractivity contribution in [2.24, 2.45) is 11.7 Å². The minimum atomic E-state index is -0.593. The number of carbonyl (C=O) groups excluding carboxylic acids is 1. The highest BCUT2D eigenvalue weighted by Crippen LogP contribution is 2.38. The van der Waals surface area contributed by atoms with Crippen molar-refractivity contribution in [2.75, 3.05) is 23.8 Å². The van der Waals surface area contributed by atoms with Gasteiger partial charge in [-0.1, -0.05) is 23.2 Å². The molecule has 3 heterocycles. The SMILES string of the molecule is NC(=O)[C@H]1CC[C@H](n2c(Nc3c(F)cc(Cl)cc3Cl)nc3cnc(N[C@@H]4CCCOC4)nc32)CC1. The van der Waals surface area contributed by atoms with Crippen molar-refractivity contribution >= 4 is 57.9 Å². The molecule has 1 aliphatic carbocycles. The van der Waals surface area contributed by atoms with Gasteiger partial charge in [0.2, 0.25) is 17.8 Å². The van der Waals surface area contributed by atoms with Gasteiger partial charge in [0, 0.05) is 23.6 Å². The summed E-state index contributed by atoms with van der Waals surface area (Å²) in [5, 5.41) is 6.72. The molecular weight excluding hydrogens is 496 g/mol. The van der Waals surface area contributed by atoms with Crippen molar-refractivity contribution in [2.45, 2.75) is 50.6 Å². The Morgan fingerprint density at radius 3 is 2.66 bits per heavy atom. The van der Waals surface area contributed by atoms with E-state index >= 15 is 0 Å². The molecule has 1 atom stereocenters. The summed E-state index contributed by atoms with van der Waals surface area (Å²) in [6.45, 7) is 1.36. The van der Waals surface area contributed by atoms with E-state index in [0.717, 1.165) is 19.4 Å². The Morgan fingerprint density at radius 1 is 1.17 bits per heavy atom. The summed E-state index contributed by atoms with van der Waals surface area (Å²) in [5.74, 6) is -0.167. The Balaban J connectivity index is 1.52. The van der Waals surface area contributed by atoms with Crippen LogP contribution in [0.25, 0.3) is 11.2 Å². The molecule has 12 heteroatoms. The number of fused-ring (bicyclic) bond motifs is 1. The molecule has 0 radical (unpaired) electrons. The van der Waals surface area contributed by atoms with Crippen LogP contribution in [0, 0.1) is 11.7 Å². The van der Waals surface area contributed by atoms with Gasteiger partial charge in [-0.25, -0.2) is 14.4 Å². The predicted octanol–water partition coefficient (Wildman–Crippen LogP) is 4.82. The van der Waals surface area contributed by atoms with Crippen LogP contribution in [0.2, 0.25) is 10.0 Å². The second-order valence-corrected chi connectivity index (χ2v) is 9.89. The average Bonchev–Trinajstić information content (AvgIpc) is 3.19. The van der Waals surface area contributed by atoms with E-state index in [0.29, 0.717) is 55.4 Å². The van der Waals surface area contributed by atoms with Gasteiger partial charge in [-0.2, -0.15) is 4.98 Å². The van der Waals surface area contributed by atoms with E-state index in [9.17, 15) is 9.18 Å². The molecule has 2 aliphatic rings. The van der Waals surface area contributed by atoms with Crippen molar-refractivity contribution in [3.8, 4) is 0 Å². The molecule has 1 amide bonds. The Hall–Kier alpha value is -2.69. The molecular formula is C23H26Cl2FN7O2. The van der Waals surface area contributed by atoms with Gasteiger partial charge in [-0.15, -0.1) is 0 Å². The molecule has 1 aliphatic heterocycles. The first-order valence-electron chi connectivity index (χ1n) is 11.7. The second-order valence-electron chi connectivity index (χ2n) is 9.04. The highest BCUT2D eigenvalue weighted by molar-refractivity contribution is 6.36. The van der Waals surface area contributed by atoms with Crippen LogP contribution >= 0.6 is 23.2 Å². The van der Waals surface area contributed by atoms with Crippen LogP contribution in [0.5, 0.6) is 0 Å². The molecule has 186 valence electrons. The van der Waals surface area contributed by atoms with E-state index in [-0.39, 0.29) is 39.6 Å². The third-order valence-electron chi connectivity index (χ3n) is 6.63. The minimum absolute atomic E-state index is 0.0204. The summed E-state index contributed by atoms with van der Waals surface area (Å²) < 4.78 is 22.2. The lowest BCUT2D eigenvalue weighted by atomic mass is 9.85. The second kappa shape index (κ2) is 10.1. The van der Waals surface area contributed by atoms with Crippen molar-refractivity contribution in [1.82, 2.24) is 19.5 Å². The number of hydrogen-bond donors (Lipinski definition) is 3. The number of nitrogens with zero attached hydrogens (tertiary/aromatic N) is 4. The molecule has 3 aromatic rings. The normalized spacial score (nSPS) is 22.8. The predicted molar refractivity (Wildman–Crippen MR) is 133 cm³/mol. The molecule has 2 fully saturated rings. The van der Waals surface area contributed by atoms with E-state index in [4.69, 9.17) is 38.7 Å². The maximum Gasteiger partial charge on any atom is 0.225 e. The Bertz CT molecular complexity index is 1220. The first-order chi connectivity index (χ1) is 16.9. The molecule has 4 N–H and O–H groups in total. The average molecular weight is 522 g/mol. The van der Waals surface area contributed by atoms with Crippen molar-refractivity contribution in [1.29, 1.82) is 0 Å². The largest absolute Gasteiger partial charge is 0.379 e. The topological polar surface area (TPSA) is 120 Å². The number of rotatable bonds is 6. The first kappa shape index (κ1) is 24.0. The van der Waals surface area contributed by atoms with Crippen LogP contribution in [0.4, 0.5) is 22.0 Å². The van der Waals surface area contributed by atoms with E-state index in [1.807, 2.05) is 4.57 Å². The highest BCUT2D eigenvalue weighted by atomic mass is 35.5. The number of primary amides is 1. The monoisotopic (exact) mass is 521 g/mol. The fraction of sp³-hybridized carbons (Fsp3) is 0.478. The molecule has 0 spiro atoms. The summed E-state index contributed by atoms with van der Waals surface area (Å²) >= 11 is 12.2. The molecule has 0 unspecified atom stereocenters. The van der Waals surface area contributed by atoms with Gasteiger partial charge in [0.05, 0.1) is 29.6 Å². The lowest BCUT2D eigenvalue weighted by molar-refractivity contribution is -0.122. The summed E-state index contributed by atoms with van der Waals surface area (Å²) in [4.78, 5) is 25.5. The number of halogens is 3. The third kappa shape index (κ3) is 5.14. The van der Waals surface area contributed by atoms with Gasteiger partial charge >= 0.3 is 0 Å². The standard InChI is InChI=1S/C23H26Cl2FN7O2/c24-13-8-16(25)19(17(26)9-13)31-23-30-18-10-28-22(29-14-2-1-7-35-11-14)32-21(18)33(23)15-5-3-12(4-6-15)20(27)34/h8-10,12,14-15H,1-7,11H2,(H2,27,34)(H,30,31)(H,28,29,32)/t12-,14-,15-/m1/s1. The van der Waals surface area contributed by atoms with Gasteiger partial charge in [-0.3, -0.25) is 9.36 Å². The molecule has 0 bridgehead atoms. The zero-order valence-corrected chi connectivity index (χ0v) is 20.4. The van der Waals surface area contributed by atoms with Crippen LogP contribution in [0.15, 0.2) is 18.3 Å². The summed E-state index contributed by atoms with van der Waals surface area (Å²) in [7, 11) is 0. The summed E-state index contributed by atoms with van der Waals surface area (Å²) in [6.07, 6.45) is 6.31. The van der Waals surface area contributed by atoms with E-state index in [2.05, 4.69) is 20.6 Å². The number of nitrogens with two attached hydrogens (primary N) is 1. The number of nitrogens with one attached hydrogen (secondary N) is 2. The van der Waals surface area contributed by atoms with Crippen LogP contribution in [0.3, 0.4) is 0 Å². The zero-order chi connectivity index (χ0) is 24.5. The lowest BCUT2D eigenvalue weighted by Gasteiger charge is -2.29. The molecule has 2 aromatic heterocycles. The number of hydrogen-bond acceptors (Lipinski definition) is 7. The molecule has 9 nitrogen and oxygen atoms in total. The van der Waals surface area contributed by atoms with Gasteiger partial charge in [0.1, 0.15) is 11.3 Å². The number of anilines is 3.